The number of methoxy groups -OCH3 is 2. The third-order valence-electron chi connectivity index (χ3n) is 3.37. The van der Waals surface area contributed by atoms with Gasteiger partial charge in [0, 0.05) is 9.50 Å². The molecule has 26 heavy (non-hydrogen) atoms. The molecule has 0 amide bonds. The quantitative estimate of drug-likeness (QED) is 0.560. The molecule has 0 heterocycles. The summed E-state index contributed by atoms with van der Waals surface area (Å²) in [6, 6.07) is 8.89. The molecule has 0 radical (unpaired) electrons. The molecule has 9 heteroatoms. The average Bonchev–Trinajstić information content (AvgIpc) is 2.61. The maximum absolute atomic E-state index is 12.8. The van der Waals surface area contributed by atoms with E-state index >= 15 is 0 Å². The molecule has 0 atom stereocenters. The van der Waals surface area contributed by atoms with Gasteiger partial charge in [0.2, 0.25) is 9.84 Å². The predicted octanol–water partition coefficient (Wildman–Crippen LogP) is 5.11. The molecule has 2 rings (SSSR count). The van der Waals surface area contributed by atoms with Gasteiger partial charge in [0.1, 0.15) is 11.0 Å². The van der Waals surface area contributed by atoms with Crippen LogP contribution in [0.4, 0.5) is 0 Å². The van der Waals surface area contributed by atoms with Gasteiger partial charge in [-0.2, -0.15) is 5.26 Å². The number of sulfone groups is 1. The highest BCUT2D eigenvalue weighted by Gasteiger charge is 2.24. The standard InChI is InChI=1S/C17H12BrCl2NO4S/c1-24-15-6-10(13(18)8-16(15)25-2)5-12(9-21)26(22,23)17-7-11(19)3-4-14(17)20/h3-8H,1-2H3/b12-5+. The Hall–Kier alpha value is -1.72. The zero-order chi connectivity index (χ0) is 19.5. The Morgan fingerprint density at radius 3 is 2.35 bits per heavy atom. The zero-order valence-electron chi connectivity index (χ0n) is 13.6. The van der Waals surface area contributed by atoms with E-state index in [9.17, 15) is 13.7 Å². The number of allylic oxidation sites excluding steroid dienone is 1. The summed E-state index contributed by atoms with van der Waals surface area (Å²) in [5.74, 6) is 0.841. The minimum absolute atomic E-state index is 0.0260. The van der Waals surface area contributed by atoms with E-state index in [4.69, 9.17) is 32.7 Å². The molecule has 0 spiro atoms. The number of hydrogen-bond acceptors (Lipinski definition) is 5. The van der Waals surface area contributed by atoms with Crippen molar-refractivity contribution in [2.24, 2.45) is 0 Å². The maximum atomic E-state index is 12.8. The molecule has 2 aromatic rings. The summed E-state index contributed by atoms with van der Waals surface area (Å²) in [5, 5.41) is 9.58. The van der Waals surface area contributed by atoms with Crippen LogP contribution in [0.25, 0.3) is 6.08 Å². The largest absolute Gasteiger partial charge is 0.493 e. The van der Waals surface area contributed by atoms with Crippen LogP contribution < -0.4 is 9.47 Å². The van der Waals surface area contributed by atoms with Crippen LogP contribution >= 0.6 is 39.1 Å². The molecule has 136 valence electrons. The summed E-state index contributed by atoms with van der Waals surface area (Å²) < 4.78 is 36.6. The first-order valence-corrected chi connectivity index (χ1v) is 10.0. The fraction of sp³-hybridized carbons (Fsp3) is 0.118. The van der Waals surface area contributed by atoms with Crippen LogP contribution in [0.3, 0.4) is 0 Å². The number of rotatable bonds is 5. The molecule has 5 nitrogen and oxygen atoms in total. The molecule has 0 unspecified atom stereocenters. The molecular weight excluding hydrogens is 465 g/mol. The smallest absolute Gasteiger partial charge is 0.218 e. The molecule has 0 aromatic heterocycles. The fourth-order valence-electron chi connectivity index (χ4n) is 2.09. The molecule has 0 N–H and O–H groups in total. The first-order chi connectivity index (χ1) is 12.2. The lowest BCUT2D eigenvalue weighted by Gasteiger charge is -2.11. The Kier molecular flexibility index (Phi) is 6.58. The fourth-order valence-corrected chi connectivity index (χ4v) is 4.44. The molecule has 0 aliphatic carbocycles. The number of ether oxygens (including phenoxy) is 2. The van der Waals surface area contributed by atoms with Crippen molar-refractivity contribution in [2.75, 3.05) is 14.2 Å². The van der Waals surface area contributed by atoms with Crippen LogP contribution in [0.5, 0.6) is 11.5 Å². The van der Waals surface area contributed by atoms with Gasteiger partial charge in [-0.25, -0.2) is 8.42 Å². The number of hydrogen-bond donors (Lipinski definition) is 0. The third kappa shape index (κ3) is 4.15. The van der Waals surface area contributed by atoms with Crippen molar-refractivity contribution in [3.8, 4) is 17.6 Å². The average molecular weight is 477 g/mol. The van der Waals surface area contributed by atoms with E-state index in [2.05, 4.69) is 15.9 Å². The second kappa shape index (κ2) is 8.31. The third-order valence-corrected chi connectivity index (χ3v) is 6.44. The van der Waals surface area contributed by atoms with E-state index in [1.807, 2.05) is 0 Å². The molecule has 0 aliphatic rings. The Labute approximate surface area is 169 Å². The van der Waals surface area contributed by atoms with Crippen molar-refractivity contribution in [1.82, 2.24) is 0 Å². The summed E-state index contributed by atoms with van der Waals surface area (Å²) in [4.78, 5) is -0.731. The van der Waals surface area contributed by atoms with E-state index < -0.39 is 14.7 Å². The SMILES string of the molecule is COc1cc(Br)c(/C=C(\C#N)S(=O)(=O)c2cc(Cl)ccc2Cl)cc1OC. The van der Waals surface area contributed by atoms with Gasteiger partial charge in [-0.3, -0.25) is 0 Å². The highest BCUT2D eigenvalue weighted by molar-refractivity contribution is 9.10. The number of halogens is 3. The van der Waals surface area contributed by atoms with E-state index in [0.717, 1.165) is 0 Å². The van der Waals surface area contributed by atoms with E-state index in [0.29, 0.717) is 21.5 Å². The van der Waals surface area contributed by atoms with Crippen LogP contribution in [-0.4, -0.2) is 22.6 Å². The molecule has 2 aromatic carbocycles. The van der Waals surface area contributed by atoms with Crippen LogP contribution in [-0.2, 0) is 9.84 Å². The van der Waals surface area contributed by atoms with E-state index in [1.165, 1.54) is 38.5 Å². The van der Waals surface area contributed by atoms with Gasteiger partial charge in [-0.05, 0) is 42.0 Å². The molecule has 0 aliphatic heterocycles. The summed E-state index contributed by atoms with van der Waals surface area (Å²) in [7, 11) is -1.23. The summed E-state index contributed by atoms with van der Waals surface area (Å²) in [6.45, 7) is 0. The number of nitrogens with zero attached hydrogens (tertiary/aromatic N) is 1. The van der Waals surface area contributed by atoms with Crippen LogP contribution in [0.15, 0.2) is 44.6 Å². The molecule has 0 saturated carbocycles. The first-order valence-electron chi connectivity index (χ1n) is 6.98. The van der Waals surface area contributed by atoms with Gasteiger partial charge >= 0.3 is 0 Å². The highest BCUT2D eigenvalue weighted by atomic mass is 79.9. The molecule has 0 fully saturated rings. The zero-order valence-corrected chi connectivity index (χ0v) is 17.5. The summed E-state index contributed by atoms with van der Waals surface area (Å²) >= 11 is 15.2. The lowest BCUT2D eigenvalue weighted by molar-refractivity contribution is 0.354. The van der Waals surface area contributed by atoms with Gasteiger partial charge in [-0.15, -0.1) is 0 Å². The Balaban J connectivity index is 2.65. The van der Waals surface area contributed by atoms with Crippen molar-refractivity contribution in [3.05, 3.63) is 55.3 Å². The normalized spacial score (nSPS) is 11.8. The highest BCUT2D eigenvalue weighted by Crippen LogP contribution is 2.36. The van der Waals surface area contributed by atoms with Gasteiger partial charge in [0.15, 0.2) is 11.5 Å². The van der Waals surface area contributed by atoms with Crippen LogP contribution in [0.1, 0.15) is 5.56 Å². The van der Waals surface area contributed by atoms with Crippen LogP contribution in [0.2, 0.25) is 10.0 Å². The first kappa shape index (κ1) is 20.6. The Morgan fingerprint density at radius 1 is 1.15 bits per heavy atom. The predicted molar refractivity (Wildman–Crippen MR) is 104 cm³/mol. The maximum Gasteiger partial charge on any atom is 0.218 e. The van der Waals surface area contributed by atoms with Crippen molar-refractivity contribution in [2.45, 2.75) is 4.90 Å². The van der Waals surface area contributed by atoms with Crippen molar-refractivity contribution < 1.29 is 17.9 Å². The van der Waals surface area contributed by atoms with Crippen molar-refractivity contribution in [3.63, 3.8) is 0 Å². The van der Waals surface area contributed by atoms with Crippen molar-refractivity contribution >= 4 is 55.0 Å². The van der Waals surface area contributed by atoms with Crippen LogP contribution in [0, 0.1) is 11.3 Å². The van der Waals surface area contributed by atoms with Crippen molar-refractivity contribution in [1.29, 1.82) is 5.26 Å². The van der Waals surface area contributed by atoms with E-state index in [-0.39, 0.29) is 14.9 Å². The Bertz CT molecular complexity index is 1030. The number of nitriles is 1. The van der Waals surface area contributed by atoms with Gasteiger partial charge < -0.3 is 9.47 Å². The van der Waals surface area contributed by atoms with Gasteiger partial charge in [-0.1, -0.05) is 39.1 Å². The lowest BCUT2D eigenvalue weighted by Crippen LogP contribution is -2.04. The van der Waals surface area contributed by atoms with Gasteiger partial charge in [0.25, 0.3) is 0 Å². The topological polar surface area (TPSA) is 76.4 Å². The van der Waals surface area contributed by atoms with E-state index in [1.54, 1.807) is 18.2 Å². The molecule has 0 saturated heterocycles. The van der Waals surface area contributed by atoms with Gasteiger partial charge in [0.05, 0.1) is 24.1 Å². The lowest BCUT2D eigenvalue weighted by atomic mass is 10.2. The minimum Gasteiger partial charge on any atom is -0.493 e. The Morgan fingerprint density at radius 2 is 1.77 bits per heavy atom. The number of benzene rings is 2. The monoisotopic (exact) mass is 475 g/mol. The second-order valence-electron chi connectivity index (χ2n) is 4.93. The molecule has 0 bridgehead atoms. The second-order valence-corrected chi connectivity index (χ2v) is 8.51. The minimum atomic E-state index is -4.16. The summed E-state index contributed by atoms with van der Waals surface area (Å²) in [5.41, 5.74) is 0.418. The molecular formula is C17H12BrCl2NO4S. The summed E-state index contributed by atoms with van der Waals surface area (Å²) in [6.07, 6.45) is 1.22.